The van der Waals surface area contributed by atoms with Crippen molar-refractivity contribution in [1.29, 1.82) is 5.41 Å². The third-order valence-corrected chi connectivity index (χ3v) is 4.38. The van der Waals surface area contributed by atoms with Gasteiger partial charge in [-0.3, -0.25) is 5.41 Å². The van der Waals surface area contributed by atoms with Crippen molar-refractivity contribution in [3.8, 4) is 5.75 Å². The number of hydrogen-bond donors (Lipinski definition) is 3. The molecule has 0 aliphatic carbocycles. The maximum absolute atomic E-state index is 12.4. The minimum absolute atomic E-state index is 0.00988. The average molecular weight is 389 g/mol. The fourth-order valence-corrected chi connectivity index (χ4v) is 2.83. The summed E-state index contributed by atoms with van der Waals surface area (Å²) in [5, 5.41) is 10.6. The summed E-state index contributed by atoms with van der Waals surface area (Å²) in [7, 11) is 1.35. The van der Waals surface area contributed by atoms with E-state index in [0.717, 1.165) is 11.1 Å². The Balaban J connectivity index is 1.77. The van der Waals surface area contributed by atoms with Crippen molar-refractivity contribution < 1.29 is 14.3 Å². The standard InChI is InChI=1S/C23H23N3O3/c1-28-23(27)21(26-19-12-10-17(11-13-19)22(24)25)18-8-5-9-20(14-18)29-15-16-6-3-2-4-7-16/h2-14,21,26H,15H2,1H3,(H3,24,25). The van der Waals surface area contributed by atoms with Crippen LogP contribution in [0.4, 0.5) is 5.69 Å². The van der Waals surface area contributed by atoms with Crippen LogP contribution in [-0.2, 0) is 16.1 Å². The number of methoxy groups -OCH3 is 1. The number of nitrogens with one attached hydrogen (secondary N) is 2. The number of carbonyl (C=O) groups is 1. The molecule has 6 nitrogen and oxygen atoms in total. The lowest BCUT2D eigenvalue weighted by atomic mass is 10.1. The number of esters is 1. The minimum atomic E-state index is -0.705. The number of hydrogen-bond acceptors (Lipinski definition) is 5. The first-order chi connectivity index (χ1) is 14.1. The largest absolute Gasteiger partial charge is 0.489 e. The Kier molecular flexibility index (Phi) is 6.47. The van der Waals surface area contributed by atoms with Gasteiger partial charge >= 0.3 is 5.97 Å². The summed E-state index contributed by atoms with van der Waals surface area (Å²) >= 11 is 0. The number of carbonyl (C=O) groups excluding carboxylic acids is 1. The number of ether oxygens (including phenoxy) is 2. The van der Waals surface area contributed by atoms with Gasteiger partial charge in [0, 0.05) is 11.3 Å². The van der Waals surface area contributed by atoms with Gasteiger partial charge in [-0.05, 0) is 47.5 Å². The van der Waals surface area contributed by atoms with Gasteiger partial charge in [0.1, 0.15) is 18.2 Å². The number of rotatable bonds is 8. The SMILES string of the molecule is COC(=O)C(Nc1ccc(C(=N)N)cc1)c1cccc(OCc2ccccc2)c1. The van der Waals surface area contributed by atoms with Crippen LogP contribution in [0.1, 0.15) is 22.7 Å². The molecule has 6 heteroatoms. The highest BCUT2D eigenvalue weighted by Crippen LogP contribution is 2.25. The van der Waals surface area contributed by atoms with E-state index in [1.807, 2.05) is 54.6 Å². The van der Waals surface area contributed by atoms with Crippen molar-refractivity contribution in [2.75, 3.05) is 12.4 Å². The van der Waals surface area contributed by atoms with Crippen molar-refractivity contribution in [2.45, 2.75) is 12.6 Å². The second-order valence-corrected chi connectivity index (χ2v) is 6.44. The van der Waals surface area contributed by atoms with Gasteiger partial charge in [-0.15, -0.1) is 0 Å². The molecular formula is C23H23N3O3. The van der Waals surface area contributed by atoms with Crippen LogP contribution in [0.25, 0.3) is 0 Å². The molecule has 148 valence electrons. The van der Waals surface area contributed by atoms with Crippen LogP contribution in [0.3, 0.4) is 0 Å². The van der Waals surface area contributed by atoms with Crippen molar-refractivity contribution in [1.82, 2.24) is 0 Å². The van der Waals surface area contributed by atoms with E-state index in [2.05, 4.69) is 5.32 Å². The van der Waals surface area contributed by atoms with Crippen LogP contribution in [0.15, 0.2) is 78.9 Å². The predicted octanol–water partition coefficient (Wildman–Crippen LogP) is 3.88. The Labute approximate surface area is 169 Å². The summed E-state index contributed by atoms with van der Waals surface area (Å²) in [4.78, 5) is 12.4. The summed E-state index contributed by atoms with van der Waals surface area (Å²) in [6.07, 6.45) is 0. The van der Waals surface area contributed by atoms with Gasteiger partial charge in [0.05, 0.1) is 7.11 Å². The van der Waals surface area contributed by atoms with Gasteiger partial charge in [-0.25, -0.2) is 4.79 Å². The smallest absolute Gasteiger partial charge is 0.332 e. The number of anilines is 1. The summed E-state index contributed by atoms with van der Waals surface area (Å²) in [6.45, 7) is 0.438. The quantitative estimate of drug-likeness (QED) is 0.309. The van der Waals surface area contributed by atoms with Gasteiger partial charge in [0.2, 0.25) is 0 Å². The van der Waals surface area contributed by atoms with E-state index in [1.54, 1.807) is 24.3 Å². The number of benzene rings is 3. The van der Waals surface area contributed by atoms with Crippen LogP contribution < -0.4 is 15.8 Å². The second-order valence-electron chi connectivity index (χ2n) is 6.44. The molecule has 0 fully saturated rings. The molecule has 29 heavy (non-hydrogen) atoms. The molecule has 0 saturated carbocycles. The van der Waals surface area contributed by atoms with Crippen LogP contribution in [0.5, 0.6) is 5.75 Å². The average Bonchev–Trinajstić information content (AvgIpc) is 2.76. The van der Waals surface area contributed by atoms with Gasteiger partial charge in [-0.1, -0.05) is 42.5 Å². The molecule has 0 aliphatic heterocycles. The molecule has 0 radical (unpaired) electrons. The third-order valence-electron chi connectivity index (χ3n) is 4.38. The molecule has 3 aromatic rings. The molecule has 0 aromatic heterocycles. The topological polar surface area (TPSA) is 97.4 Å². The Bertz CT molecular complexity index is 972. The number of nitrogens with two attached hydrogens (primary N) is 1. The van der Waals surface area contributed by atoms with Crippen LogP contribution in [0.2, 0.25) is 0 Å². The van der Waals surface area contributed by atoms with E-state index in [0.29, 0.717) is 23.6 Å². The Morgan fingerprint density at radius 1 is 1.03 bits per heavy atom. The summed E-state index contributed by atoms with van der Waals surface area (Å²) < 4.78 is 10.8. The van der Waals surface area contributed by atoms with E-state index in [9.17, 15) is 4.79 Å². The van der Waals surface area contributed by atoms with E-state index >= 15 is 0 Å². The van der Waals surface area contributed by atoms with Gasteiger partial charge in [0.25, 0.3) is 0 Å². The lowest BCUT2D eigenvalue weighted by Crippen LogP contribution is -2.22. The molecule has 0 bridgehead atoms. The summed E-state index contributed by atoms with van der Waals surface area (Å²) in [6, 6.07) is 23.5. The zero-order chi connectivity index (χ0) is 20.6. The molecule has 1 atom stereocenters. The molecule has 3 aromatic carbocycles. The van der Waals surface area contributed by atoms with Gasteiger partial charge in [-0.2, -0.15) is 0 Å². The maximum atomic E-state index is 12.4. The molecule has 4 N–H and O–H groups in total. The van der Waals surface area contributed by atoms with E-state index < -0.39 is 12.0 Å². The lowest BCUT2D eigenvalue weighted by Gasteiger charge is -2.19. The maximum Gasteiger partial charge on any atom is 0.332 e. The van der Waals surface area contributed by atoms with E-state index in [4.69, 9.17) is 20.6 Å². The molecule has 0 amide bonds. The highest BCUT2D eigenvalue weighted by molar-refractivity contribution is 5.95. The highest BCUT2D eigenvalue weighted by Gasteiger charge is 2.22. The van der Waals surface area contributed by atoms with Crippen molar-refractivity contribution >= 4 is 17.5 Å². The Morgan fingerprint density at radius 2 is 1.76 bits per heavy atom. The van der Waals surface area contributed by atoms with E-state index in [1.165, 1.54) is 7.11 Å². The molecule has 3 rings (SSSR count). The predicted molar refractivity (Wildman–Crippen MR) is 113 cm³/mol. The number of nitrogen functional groups attached to an aromatic ring is 1. The molecule has 0 aliphatic rings. The second kappa shape index (κ2) is 9.41. The van der Waals surface area contributed by atoms with Crippen molar-refractivity contribution in [3.05, 3.63) is 95.6 Å². The zero-order valence-corrected chi connectivity index (χ0v) is 16.1. The van der Waals surface area contributed by atoms with Crippen molar-refractivity contribution in [2.24, 2.45) is 5.73 Å². The monoisotopic (exact) mass is 389 g/mol. The minimum Gasteiger partial charge on any atom is -0.489 e. The first-order valence-electron chi connectivity index (χ1n) is 9.12. The van der Waals surface area contributed by atoms with Gasteiger partial charge in [0.15, 0.2) is 6.04 Å². The van der Waals surface area contributed by atoms with Gasteiger partial charge < -0.3 is 20.5 Å². The first-order valence-corrected chi connectivity index (χ1v) is 9.12. The molecule has 0 heterocycles. The summed E-state index contributed by atoms with van der Waals surface area (Å²) in [5.41, 5.74) is 8.59. The molecular weight excluding hydrogens is 366 g/mol. The van der Waals surface area contributed by atoms with E-state index in [-0.39, 0.29) is 5.84 Å². The lowest BCUT2D eigenvalue weighted by molar-refractivity contribution is -0.141. The highest BCUT2D eigenvalue weighted by atomic mass is 16.5. The van der Waals surface area contributed by atoms with Crippen LogP contribution >= 0.6 is 0 Å². The normalized spacial score (nSPS) is 11.3. The molecule has 0 saturated heterocycles. The Morgan fingerprint density at radius 3 is 2.41 bits per heavy atom. The fraction of sp³-hybridized carbons (Fsp3) is 0.130. The first kappa shape index (κ1) is 19.9. The summed E-state index contributed by atoms with van der Waals surface area (Å²) in [5.74, 6) is 0.235. The zero-order valence-electron chi connectivity index (χ0n) is 16.1. The number of amidine groups is 1. The molecule has 0 spiro atoms. The fourth-order valence-electron chi connectivity index (χ4n) is 2.83. The Hall–Kier alpha value is -3.80. The van der Waals surface area contributed by atoms with Crippen LogP contribution in [0, 0.1) is 5.41 Å². The third kappa shape index (κ3) is 5.35. The van der Waals surface area contributed by atoms with Crippen molar-refractivity contribution in [3.63, 3.8) is 0 Å². The molecule has 1 unspecified atom stereocenters. The van der Waals surface area contributed by atoms with Crippen LogP contribution in [-0.4, -0.2) is 18.9 Å².